The molecule has 0 aromatic heterocycles. The number of rotatable bonds is 3. The third-order valence-electron chi connectivity index (χ3n) is 5.17. The standard InChI is InChI=1S/C20H20N2O4S/c1-14-9-10-15(27(25,26)21-11-5-2-6-12-21)13-18(14)22-19(23)16-7-3-4-8-17(16)20(22)24/h3-4,7-10,13H,2,5-6,11-12H2,1H3. The van der Waals surface area contributed by atoms with Crippen LogP contribution in [0, 0.1) is 6.92 Å². The molecule has 140 valence electrons. The van der Waals surface area contributed by atoms with Crippen molar-refractivity contribution in [1.29, 1.82) is 0 Å². The van der Waals surface area contributed by atoms with Crippen LogP contribution in [0.25, 0.3) is 0 Å². The van der Waals surface area contributed by atoms with Gasteiger partial charge < -0.3 is 0 Å². The van der Waals surface area contributed by atoms with Crippen LogP contribution in [0.2, 0.25) is 0 Å². The Morgan fingerprint density at radius 3 is 2.04 bits per heavy atom. The molecular formula is C20H20N2O4S. The van der Waals surface area contributed by atoms with E-state index in [0.29, 0.717) is 35.5 Å². The Hall–Kier alpha value is -2.51. The zero-order valence-corrected chi connectivity index (χ0v) is 15.8. The molecule has 6 nitrogen and oxygen atoms in total. The van der Waals surface area contributed by atoms with Crippen LogP contribution in [0.15, 0.2) is 47.4 Å². The third-order valence-corrected chi connectivity index (χ3v) is 7.06. The molecular weight excluding hydrogens is 364 g/mol. The molecule has 0 unspecified atom stereocenters. The molecule has 2 aliphatic rings. The first-order chi connectivity index (χ1) is 12.9. The summed E-state index contributed by atoms with van der Waals surface area (Å²) in [5, 5.41) is 0. The van der Waals surface area contributed by atoms with Crippen LogP contribution in [0.1, 0.15) is 45.5 Å². The average molecular weight is 384 g/mol. The van der Waals surface area contributed by atoms with Gasteiger partial charge in [-0.3, -0.25) is 9.59 Å². The Morgan fingerprint density at radius 2 is 1.44 bits per heavy atom. The van der Waals surface area contributed by atoms with Crippen molar-refractivity contribution in [3.8, 4) is 0 Å². The third kappa shape index (κ3) is 2.87. The zero-order chi connectivity index (χ0) is 19.2. The summed E-state index contributed by atoms with van der Waals surface area (Å²) in [4.78, 5) is 26.7. The Balaban J connectivity index is 1.76. The summed E-state index contributed by atoms with van der Waals surface area (Å²) in [7, 11) is -3.65. The molecule has 2 heterocycles. The first kappa shape index (κ1) is 17.9. The van der Waals surface area contributed by atoms with Gasteiger partial charge in [-0.2, -0.15) is 4.31 Å². The van der Waals surface area contributed by atoms with Gasteiger partial charge >= 0.3 is 0 Å². The van der Waals surface area contributed by atoms with Crippen molar-refractivity contribution in [2.75, 3.05) is 18.0 Å². The molecule has 1 fully saturated rings. The highest BCUT2D eigenvalue weighted by atomic mass is 32.2. The second kappa shape index (κ2) is 6.58. The van der Waals surface area contributed by atoms with E-state index < -0.39 is 21.8 Å². The number of amides is 2. The molecule has 27 heavy (non-hydrogen) atoms. The van der Waals surface area contributed by atoms with Gasteiger partial charge in [0.1, 0.15) is 0 Å². The Morgan fingerprint density at radius 1 is 0.852 bits per heavy atom. The minimum Gasteiger partial charge on any atom is -0.268 e. The van der Waals surface area contributed by atoms with Crippen molar-refractivity contribution in [2.24, 2.45) is 0 Å². The lowest BCUT2D eigenvalue weighted by Crippen LogP contribution is -2.36. The van der Waals surface area contributed by atoms with Gasteiger partial charge in [-0.15, -0.1) is 0 Å². The predicted octanol–water partition coefficient (Wildman–Crippen LogP) is 2.97. The van der Waals surface area contributed by atoms with E-state index in [4.69, 9.17) is 0 Å². The number of anilines is 1. The van der Waals surface area contributed by atoms with E-state index in [2.05, 4.69) is 0 Å². The number of fused-ring (bicyclic) bond motifs is 1. The van der Waals surface area contributed by atoms with Crippen LogP contribution >= 0.6 is 0 Å². The lowest BCUT2D eigenvalue weighted by Gasteiger charge is -2.26. The van der Waals surface area contributed by atoms with E-state index in [0.717, 1.165) is 24.2 Å². The van der Waals surface area contributed by atoms with Crippen LogP contribution in [0.3, 0.4) is 0 Å². The highest BCUT2D eigenvalue weighted by Crippen LogP contribution is 2.33. The Labute approximate surface area is 158 Å². The minimum absolute atomic E-state index is 0.113. The summed E-state index contributed by atoms with van der Waals surface area (Å²) in [6.07, 6.45) is 2.72. The summed E-state index contributed by atoms with van der Waals surface area (Å²) >= 11 is 0. The van der Waals surface area contributed by atoms with Gasteiger partial charge in [0, 0.05) is 13.1 Å². The number of imide groups is 1. The highest BCUT2D eigenvalue weighted by Gasteiger charge is 2.37. The summed E-state index contributed by atoms with van der Waals surface area (Å²) in [6, 6.07) is 11.3. The molecule has 0 N–H and O–H groups in total. The molecule has 1 saturated heterocycles. The van der Waals surface area contributed by atoms with Crippen molar-refractivity contribution in [3.05, 3.63) is 59.2 Å². The number of benzene rings is 2. The maximum absolute atomic E-state index is 13.0. The van der Waals surface area contributed by atoms with Gasteiger partial charge in [0.05, 0.1) is 21.7 Å². The molecule has 7 heteroatoms. The predicted molar refractivity (Wildman–Crippen MR) is 101 cm³/mol. The lowest BCUT2D eigenvalue weighted by molar-refractivity contribution is 0.0925. The number of sulfonamides is 1. The molecule has 2 aromatic rings. The number of carbonyl (C=O) groups is 2. The number of nitrogens with zero attached hydrogens (tertiary/aromatic N) is 2. The second-order valence-electron chi connectivity index (χ2n) is 6.90. The van der Waals surface area contributed by atoms with Crippen LogP contribution in [0.4, 0.5) is 5.69 Å². The van der Waals surface area contributed by atoms with Crippen molar-refractivity contribution < 1.29 is 18.0 Å². The van der Waals surface area contributed by atoms with E-state index in [1.165, 1.54) is 10.4 Å². The molecule has 0 bridgehead atoms. The molecule has 0 aliphatic carbocycles. The quantitative estimate of drug-likeness (QED) is 0.763. The van der Waals surface area contributed by atoms with Crippen LogP contribution in [0.5, 0.6) is 0 Å². The van der Waals surface area contributed by atoms with Crippen molar-refractivity contribution in [1.82, 2.24) is 4.31 Å². The molecule has 0 saturated carbocycles. The number of carbonyl (C=O) groups excluding carboxylic acids is 2. The fourth-order valence-corrected chi connectivity index (χ4v) is 5.19. The fraction of sp³-hybridized carbons (Fsp3) is 0.300. The van der Waals surface area contributed by atoms with Gasteiger partial charge in [-0.05, 0) is 49.6 Å². The average Bonchev–Trinajstić information content (AvgIpc) is 2.94. The maximum atomic E-state index is 13.0. The highest BCUT2D eigenvalue weighted by molar-refractivity contribution is 7.89. The number of hydrogen-bond donors (Lipinski definition) is 0. The van der Waals surface area contributed by atoms with E-state index in [-0.39, 0.29) is 4.90 Å². The van der Waals surface area contributed by atoms with E-state index in [9.17, 15) is 18.0 Å². The van der Waals surface area contributed by atoms with Gasteiger partial charge in [0.15, 0.2) is 0 Å². The fourth-order valence-electron chi connectivity index (χ4n) is 3.65. The zero-order valence-electron chi connectivity index (χ0n) is 15.0. The van der Waals surface area contributed by atoms with E-state index >= 15 is 0 Å². The Kier molecular flexibility index (Phi) is 4.36. The topological polar surface area (TPSA) is 74.8 Å². The van der Waals surface area contributed by atoms with Gasteiger partial charge in [-0.25, -0.2) is 13.3 Å². The van der Waals surface area contributed by atoms with E-state index in [1.807, 2.05) is 0 Å². The lowest BCUT2D eigenvalue weighted by atomic mass is 10.1. The molecule has 4 rings (SSSR count). The molecule has 2 aromatic carbocycles. The van der Waals surface area contributed by atoms with Gasteiger partial charge in [0.25, 0.3) is 11.8 Å². The number of piperidine rings is 1. The van der Waals surface area contributed by atoms with Gasteiger partial charge in [-0.1, -0.05) is 24.6 Å². The largest absolute Gasteiger partial charge is 0.268 e. The minimum atomic E-state index is -3.65. The number of aryl methyl sites for hydroxylation is 1. The van der Waals surface area contributed by atoms with Crippen LogP contribution in [-0.2, 0) is 10.0 Å². The number of hydrogen-bond acceptors (Lipinski definition) is 4. The normalized spacial score (nSPS) is 18.0. The van der Waals surface area contributed by atoms with E-state index in [1.54, 1.807) is 43.3 Å². The molecule has 0 radical (unpaired) electrons. The summed E-state index contributed by atoms with van der Waals surface area (Å²) in [6.45, 7) is 2.76. The monoisotopic (exact) mass is 384 g/mol. The second-order valence-corrected chi connectivity index (χ2v) is 8.84. The first-order valence-electron chi connectivity index (χ1n) is 9.00. The SMILES string of the molecule is Cc1ccc(S(=O)(=O)N2CCCCC2)cc1N1C(=O)c2ccccc2C1=O. The smallest absolute Gasteiger partial charge is 0.266 e. The molecule has 0 atom stereocenters. The van der Waals surface area contributed by atoms with Crippen molar-refractivity contribution in [3.63, 3.8) is 0 Å². The van der Waals surface area contributed by atoms with Crippen molar-refractivity contribution in [2.45, 2.75) is 31.1 Å². The Bertz CT molecular complexity index is 1000. The van der Waals surface area contributed by atoms with Crippen LogP contribution < -0.4 is 4.90 Å². The maximum Gasteiger partial charge on any atom is 0.266 e. The molecule has 2 amide bonds. The van der Waals surface area contributed by atoms with Crippen molar-refractivity contribution >= 4 is 27.5 Å². The summed E-state index contributed by atoms with van der Waals surface area (Å²) in [5.41, 5.74) is 1.67. The summed E-state index contributed by atoms with van der Waals surface area (Å²) in [5.74, 6) is -0.850. The molecule has 2 aliphatic heterocycles. The first-order valence-corrected chi connectivity index (χ1v) is 10.4. The summed E-state index contributed by atoms with van der Waals surface area (Å²) < 4.78 is 27.4. The molecule has 0 spiro atoms. The van der Waals surface area contributed by atoms with Crippen LogP contribution in [-0.4, -0.2) is 37.6 Å². The van der Waals surface area contributed by atoms with Gasteiger partial charge in [0.2, 0.25) is 10.0 Å².